The first-order valence-electron chi connectivity index (χ1n) is 4.61. The van der Waals surface area contributed by atoms with E-state index in [-0.39, 0.29) is 18.5 Å². The van der Waals surface area contributed by atoms with Crippen molar-refractivity contribution < 1.29 is 18.9 Å². The minimum Gasteiger partial charge on any atom is -0.356 e. The Bertz CT molecular complexity index is 192. The van der Waals surface area contributed by atoms with Gasteiger partial charge < -0.3 is 18.9 Å². The minimum atomic E-state index is -0.479. The van der Waals surface area contributed by atoms with Gasteiger partial charge in [0.05, 0.1) is 12.7 Å². The van der Waals surface area contributed by atoms with Crippen molar-refractivity contribution in [3.05, 3.63) is 0 Å². The lowest BCUT2D eigenvalue weighted by Gasteiger charge is -2.36. The van der Waals surface area contributed by atoms with E-state index >= 15 is 0 Å². The average molecular weight is 188 g/mol. The van der Waals surface area contributed by atoms with Crippen molar-refractivity contribution in [2.75, 3.05) is 13.7 Å². The van der Waals surface area contributed by atoms with Gasteiger partial charge in [-0.3, -0.25) is 0 Å². The topological polar surface area (TPSA) is 36.9 Å². The first-order valence-corrected chi connectivity index (χ1v) is 4.61. The van der Waals surface area contributed by atoms with Gasteiger partial charge in [0.25, 0.3) is 0 Å². The summed E-state index contributed by atoms with van der Waals surface area (Å²) in [6.07, 6.45) is 0.827. The highest BCUT2D eigenvalue weighted by Crippen LogP contribution is 2.32. The lowest BCUT2D eigenvalue weighted by Crippen LogP contribution is -2.46. The normalized spacial score (nSPS) is 43.2. The number of rotatable bonds is 1. The van der Waals surface area contributed by atoms with Gasteiger partial charge in [0.1, 0.15) is 6.10 Å². The van der Waals surface area contributed by atoms with Crippen LogP contribution in [0.4, 0.5) is 0 Å². The number of hydrogen-bond donors (Lipinski definition) is 0. The molecule has 0 aromatic carbocycles. The van der Waals surface area contributed by atoms with Crippen LogP contribution in [0.3, 0.4) is 0 Å². The van der Waals surface area contributed by atoms with E-state index in [2.05, 4.69) is 0 Å². The van der Waals surface area contributed by atoms with Crippen molar-refractivity contribution in [3.8, 4) is 0 Å². The predicted molar refractivity (Wildman–Crippen MR) is 45.2 cm³/mol. The first kappa shape index (κ1) is 9.40. The van der Waals surface area contributed by atoms with Crippen LogP contribution >= 0.6 is 0 Å². The third-order valence-electron chi connectivity index (χ3n) is 2.46. The van der Waals surface area contributed by atoms with Gasteiger partial charge in [-0.2, -0.15) is 0 Å². The lowest BCUT2D eigenvalue weighted by molar-refractivity contribution is -0.295. The maximum atomic E-state index is 5.70. The zero-order chi connectivity index (χ0) is 9.47. The van der Waals surface area contributed by atoms with Gasteiger partial charge in [0.2, 0.25) is 0 Å². The molecule has 13 heavy (non-hydrogen) atoms. The van der Waals surface area contributed by atoms with E-state index in [1.807, 2.05) is 13.8 Å². The molecule has 0 saturated carbocycles. The van der Waals surface area contributed by atoms with Crippen LogP contribution in [-0.4, -0.2) is 38.0 Å². The highest BCUT2D eigenvalue weighted by Gasteiger charge is 2.44. The van der Waals surface area contributed by atoms with Crippen LogP contribution in [0.2, 0.25) is 0 Å². The molecule has 3 atom stereocenters. The molecule has 0 aliphatic carbocycles. The summed E-state index contributed by atoms with van der Waals surface area (Å²) in [6, 6.07) is 0. The quantitative estimate of drug-likeness (QED) is 0.612. The molecule has 0 spiro atoms. The smallest absolute Gasteiger partial charge is 0.163 e. The van der Waals surface area contributed by atoms with E-state index in [0.717, 1.165) is 6.42 Å². The molecule has 0 bridgehead atoms. The Morgan fingerprint density at radius 1 is 1.31 bits per heavy atom. The highest BCUT2D eigenvalue weighted by molar-refractivity contribution is 4.84. The number of fused-ring (bicyclic) bond motifs is 1. The van der Waals surface area contributed by atoms with Crippen LogP contribution in [0, 0.1) is 0 Å². The Morgan fingerprint density at radius 3 is 2.77 bits per heavy atom. The van der Waals surface area contributed by atoms with Gasteiger partial charge in [0, 0.05) is 13.5 Å². The third-order valence-corrected chi connectivity index (χ3v) is 2.46. The van der Waals surface area contributed by atoms with Gasteiger partial charge in [-0.25, -0.2) is 0 Å². The van der Waals surface area contributed by atoms with Crippen molar-refractivity contribution in [1.29, 1.82) is 0 Å². The summed E-state index contributed by atoms with van der Waals surface area (Å²) in [4.78, 5) is 0. The van der Waals surface area contributed by atoms with Crippen molar-refractivity contribution in [3.63, 3.8) is 0 Å². The Balaban J connectivity index is 1.98. The largest absolute Gasteiger partial charge is 0.356 e. The molecule has 0 aromatic heterocycles. The molecule has 0 amide bonds. The molecule has 4 nitrogen and oxygen atoms in total. The first-order chi connectivity index (χ1) is 6.11. The van der Waals surface area contributed by atoms with Crippen LogP contribution in [0.1, 0.15) is 20.3 Å². The molecule has 3 unspecified atom stereocenters. The van der Waals surface area contributed by atoms with Crippen molar-refractivity contribution >= 4 is 0 Å². The molecule has 0 N–H and O–H groups in total. The van der Waals surface area contributed by atoms with Gasteiger partial charge >= 0.3 is 0 Å². The van der Waals surface area contributed by atoms with E-state index in [9.17, 15) is 0 Å². The zero-order valence-electron chi connectivity index (χ0n) is 8.28. The zero-order valence-corrected chi connectivity index (χ0v) is 8.28. The minimum absolute atomic E-state index is 0.0398. The number of ether oxygens (including phenoxy) is 4. The van der Waals surface area contributed by atoms with Gasteiger partial charge in [-0.05, 0) is 13.8 Å². The molecule has 4 heteroatoms. The van der Waals surface area contributed by atoms with Crippen molar-refractivity contribution in [1.82, 2.24) is 0 Å². The molecule has 0 aromatic rings. The van der Waals surface area contributed by atoms with E-state index in [4.69, 9.17) is 18.9 Å². The maximum absolute atomic E-state index is 5.70. The van der Waals surface area contributed by atoms with Crippen LogP contribution in [0.5, 0.6) is 0 Å². The number of methoxy groups -OCH3 is 1. The third kappa shape index (κ3) is 1.86. The molecule has 2 heterocycles. The molecule has 2 aliphatic rings. The lowest BCUT2D eigenvalue weighted by atomic mass is 10.1. The van der Waals surface area contributed by atoms with Crippen LogP contribution in [0.15, 0.2) is 0 Å². The average Bonchev–Trinajstić information content (AvgIpc) is 2.44. The summed E-state index contributed by atoms with van der Waals surface area (Å²) in [5.74, 6) is -0.479. The van der Waals surface area contributed by atoms with E-state index < -0.39 is 5.79 Å². The molecule has 2 aliphatic heterocycles. The van der Waals surface area contributed by atoms with Crippen molar-refractivity contribution in [2.24, 2.45) is 0 Å². The highest BCUT2D eigenvalue weighted by atomic mass is 16.8. The predicted octanol–water partition coefficient (Wildman–Crippen LogP) is 0.899. The Kier molecular flexibility index (Phi) is 2.32. The summed E-state index contributed by atoms with van der Waals surface area (Å²) in [7, 11) is 1.65. The van der Waals surface area contributed by atoms with Gasteiger partial charge in [0.15, 0.2) is 12.1 Å². The van der Waals surface area contributed by atoms with E-state index in [0.29, 0.717) is 6.61 Å². The SMILES string of the molecule is COC1CC2OC(C)(C)OCC2O1. The second-order valence-corrected chi connectivity index (χ2v) is 3.94. The molecule has 0 radical (unpaired) electrons. The van der Waals surface area contributed by atoms with E-state index in [1.54, 1.807) is 7.11 Å². The standard InChI is InChI=1S/C9H16O4/c1-9(2)11-5-7-6(13-9)4-8(10-3)12-7/h6-8H,4-5H2,1-3H3. The van der Waals surface area contributed by atoms with Crippen LogP contribution < -0.4 is 0 Å². The second-order valence-electron chi connectivity index (χ2n) is 3.94. The Morgan fingerprint density at radius 2 is 2.08 bits per heavy atom. The molecule has 2 fully saturated rings. The fourth-order valence-electron chi connectivity index (χ4n) is 1.78. The number of hydrogen-bond acceptors (Lipinski definition) is 4. The summed E-state index contributed by atoms with van der Waals surface area (Å²) in [5, 5.41) is 0. The molecule has 2 rings (SSSR count). The fraction of sp³-hybridized carbons (Fsp3) is 1.00. The molecular weight excluding hydrogens is 172 g/mol. The van der Waals surface area contributed by atoms with Crippen molar-refractivity contribution in [2.45, 2.75) is 44.6 Å². The maximum Gasteiger partial charge on any atom is 0.163 e. The van der Waals surface area contributed by atoms with Crippen LogP contribution in [-0.2, 0) is 18.9 Å². The monoisotopic (exact) mass is 188 g/mol. The summed E-state index contributed by atoms with van der Waals surface area (Å²) >= 11 is 0. The Hall–Kier alpha value is -0.160. The van der Waals surface area contributed by atoms with Gasteiger partial charge in [-0.1, -0.05) is 0 Å². The van der Waals surface area contributed by atoms with E-state index in [1.165, 1.54) is 0 Å². The van der Waals surface area contributed by atoms with Gasteiger partial charge in [-0.15, -0.1) is 0 Å². The molecular formula is C9H16O4. The molecule has 2 saturated heterocycles. The van der Waals surface area contributed by atoms with Crippen LogP contribution in [0.25, 0.3) is 0 Å². The Labute approximate surface area is 78.1 Å². The summed E-state index contributed by atoms with van der Waals surface area (Å²) in [5.41, 5.74) is 0. The summed E-state index contributed by atoms with van der Waals surface area (Å²) in [6.45, 7) is 4.43. The molecule has 76 valence electrons. The second kappa shape index (κ2) is 3.20. The fourth-order valence-corrected chi connectivity index (χ4v) is 1.78. The summed E-state index contributed by atoms with van der Waals surface area (Å²) < 4.78 is 21.8.